The lowest BCUT2D eigenvalue weighted by Gasteiger charge is -2.37. The van der Waals surface area contributed by atoms with Gasteiger partial charge in [0.2, 0.25) is 6.10 Å². The van der Waals surface area contributed by atoms with Crippen molar-refractivity contribution in [3.63, 3.8) is 0 Å². The third-order valence-corrected chi connectivity index (χ3v) is 5.09. The number of amides is 1. The first-order valence-electron chi connectivity index (χ1n) is 9.88. The minimum absolute atomic E-state index is 0.0133. The van der Waals surface area contributed by atoms with Crippen LogP contribution in [-0.4, -0.2) is 43.0 Å². The van der Waals surface area contributed by atoms with Gasteiger partial charge in [0.15, 0.2) is 0 Å². The molecule has 0 aliphatic carbocycles. The van der Waals surface area contributed by atoms with Crippen molar-refractivity contribution in [1.29, 1.82) is 0 Å². The number of carbonyl (C=O) groups excluding carboxylic acids is 1. The smallest absolute Gasteiger partial charge is 0.268 e. The van der Waals surface area contributed by atoms with E-state index in [9.17, 15) is 13.6 Å². The highest BCUT2D eigenvalue weighted by Crippen LogP contribution is 2.27. The minimum Gasteiger partial charge on any atom is -0.382 e. The number of hydrogen-bond acceptors (Lipinski definition) is 5. The van der Waals surface area contributed by atoms with Crippen molar-refractivity contribution in [2.45, 2.75) is 38.6 Å². The number of rotatable bonds is 4. The van der Waals surface area contributed by atoms with Crippen molar-refractivity contribution in [3.05, 3.63) is 59.7 Å². The van der Waals surface area contributed by atoms with Crippen molar-refractivity contribution in [2.24, 2.45) is 5.16 Å². The summed E-state index contributed by atoms with van der Waals surface area (Å²) in [6.45, 7) is 5.11. The summed E-state index contributed by atoms with van der Waals surface area (Å²) in [5, 5.41) is 6.56. The number of ether oxygens (including phenoxy) is 1. The summed E-state index contributed by atoms with van der Waals surface area (Å²) in [4.78, 5) is 19.7. The van der Waals surface area contributed by atoms with Crippen LogP contribution in [0, 0.1) is 11.6 Å². The third-order valence-electron chi connectivity index (χ3n) is 5.09. The van der Waals surface area contributed by atoms with Crippen LogP contribution in [0.4, 0.5) is 20.2 Å². The molecule has 6 nitrogen and oxygen atoms in total. The van der Waals surface area contributed by atoms with E-state index in [4.69, 9.17) is 9.57 Å². The van der Waals surface area contributed by atoms with Gasteiger partial charge >= 0.3 is 0 Å². The number of oxime groups is 1. The molecule has 4 rings (SSSR count). The van der Waals surface area contributed by atoms with Gasteiger partial charge in [-0.25, -0.2) is 8.78 Å². The molecule has 2 heterocycles. The lowest BCUT2D eigenvalue weighted by Crippen LogP contribution is -2.45. The average molecular weight is 415 g/mol. The summed E-state index contributed by atoms with van der Waals surface area (Å²) >= 11 is 0. The van der Waals surface area contributed by atoms with Gasteiger partial charge in [0, 0.05) is 30.8 Å². The minimum atomic E-state index is -0.855. The standard InChI is InChI=1S/C22H23F2N3O3/c1-13-11-27(12-14(2)29-13)20-7-6-17(9-18(20)24)25-22(28)21-10-19(26-30-21)15-4-3-5-16(23)8-15/h3-9,13-14,21H,10-12H2,1-2H3,(H,25,28). The second-order valence-electron chi connectivity index (χ2n) is 7.66. The predicted molar refractivity (Wildman–Crippen MR) is 110 cm³/mol. The molecule has 8 heteroatoms. The molecule has 1 N–H and O–H groups in total. The van der Waals surface area contributed by atoms with Crippen molar-refractivity contribution >= 4 is 23.0 Å². The molecule has 2 aliphatic rings. The maximum atomic E-state index is 14.7. The highest BCUT2D eigenvalue weighted by Gasteiger charge is 2.29. The van der Waals surface area contributed by atoms with Crippen LogP contribution in [-0.2, 0) is 14.4 Å². The first kappa shape index (κ1) is 20.3. The van der Waals surface area contributed by atoms with Crippen LogP contribution in [0.1, 0.15) is 25.8 Å². The maximum Gasteiger partial charge on any atom is 0.268 e. The van der Waals surface area contributed by atoms with Crippen LogP contribution in [0.2, 0.25) is 0 Å². The van der Waals surface area contributed by atoms with Crippen LogP contribution in [0.15, 0.2) is 47.6 Å². The SMILES string of the molecule is CC1CN(c2ccc(NC(=O)C3CC(c4cccc(F)c4)=NO3)cc2F)CC(C)O1. The Kier molecular flexibility index (Phi) is 5.67. The summed E-state index contributed by atoms with van der Waals surface area (Å²) in [5.41, 5.74) is 1.86. The molecule has 2 aromatic carbocycles. The zero-order chi connectivity index (χ0) is 21.3. The van der Waals surface area contributed by atoms with E-state index < -0.39 is 17.8 Å². The summed E-state index contributed by atoms with van der Waals surface area (Å²) < 4.78 is 33.8. The number of nitrogens with zero attached hydrogens (tertiary/aromatic N) is 2. The van der Waals surface area contributed by atoms with E-state index in [2.05, 4.69) is 10.5 Å². The number of anilines is 2. The zero-order valence-corrected chi connectivity index (χ0v) is 16.8. The van der Waals surface area contributed by atoms with E-state index in [0.717, 1.165) is 0 Å². The quantitative estimate of drug-likeness (QED) is 0.827. The Labute approximate surface area is 173 Å². The summed E-state index contributed by atoms with van der Waals surface area (Å²) in [6, 6.07) is 10.5. The largest absolute Gasteiger partial charge is 0.382 e. The van der Waals surface area contributed by atoms with Gasteiger partial charge in [0.05, 0.1) is 23.6 Å². The van der Waals surface area contributed by atoms with E-state index >= 15 is 0 Å². The van der Waals surface area contributed by atoms with E-state index in [-0.39, 0.29) is 24.4 Å². The Morgan fingerprint density at radius 2 is 1.90 bits per heavy atom. The van der Waals surface area contributed by atoms with Crippen LogP contribution >= 0.6 is 0 Å². The molecular weight excluding hydrogens is 392 g/mol. The number of hydrogen-bond donors (Lipinski definition) is 1. The maximum absolute atomic E-state index is 14.7. The Morgan fingerprint density at radius 3 is 2.60 bits per heavy atom. The summed E-state index contributed by atoms with van der Waals surface area (Å²) in [6.07, 6.45) is -0.620. The van der Waals surface area contributed by atoms with Crippen molar-refractivity contribution in [2.75, 3.05) is 23.3 Å². The van der Waals surface area contributed by atoms with Gasteiger partial charge in [0.25, 0.3) is 5.91 Å². The van der Waals surface area contributed by atoms with Crippen molar-refractivity contribution in [3.8, 4) is 0 Å². The summed E-state index contributed by atoms with van der Waals surface area (Å²) in [5.74, 6) is -1.24. The normalized spacial score (nSPS) is 23.7. The van der Waals surface area contributed by atoms with Gasteiger partial charge in [-0.05, 0) is 44.2 Å². The fraction of sp³-hybridized carbons (Fsp3) is 0.364. The van der Waals surface area contributed by atoms with Gasteiger partial charge in [0.1, 0.15) is 11.6 Å². The first-order valence-corrected chi connectivity index (χ1v) is 9.88. The molecule has 0 spiro atoms. The average Bonchev–Trinajstić information content (AvgIpc) is 3.18. The van der Waals surface area contributed by atoms with E-state index in [0.29, 0.717) is 35.7 Å². The molecule has 1 saturated heterocycles. The van der Waals surface area contributed by atoms with Crippen LogP contribution in [0.3, 0.4) is 0 Å². The number of carbonyl (C=O) groups is 1. The van der Waals surface area contributed by atoms with Crippen LogP contribution in [0.5, 0.6) is 0 Å². The predicted octanol–water partition coefficient (Wildman–Crippen LogP) is 3.71. The molecule has 2 aromatic rings. The molecule has 3 unspecified atom stereocenters. The number of morpholine rings is 1. The molecule has 30 heavy (non-hydrogen) atoms. The number of halogens is 2. The van der Waals surface area contributed by atoms with Crippen molar-refractivity contribution < 1.29 is 23.1 Å². The molecule has 2 aliphatic heterocycles. The molecule has 3 atom stereocenters. The molecule has 0 bridgehead atoms. The lowest BCUT2D eigenvalue weighted by molar-refractivity contribution is -0.125. The molecule has 1 fully saturated rings. The van der Waals surface area contributed by atoms with E-state index in [1.54, 1.807) is 24.3 Å². The lowest BCUT2D eigenvalue weighted by atomic mass is 10.0. The third kappa shape index (κ3) is 4.43. The van der Waals surface area contributed by atoms with Gasteiger partial charge in [-0.15, -0.1) is 0 Å². The van der Waals surface area contributed by atoms with Gasteiger partial charge in [-0.1, -0.05) is 17.3 Å². The first-order chi connectivity index (χ1) is 14.4. The highest BCUT2D eigenvalue weighted by molar-refractivity contribution is 6.06. The Bertz CT molecular complexity index is 972. The summed E-state index contributed by atoms with van der Waals surface area (Å²) in [7, 11) is 0. The zero-order valence-electron chi connectivity index (χ0n) is 16.8. The second kappa shape index (κ2) is 8.39. The molecule has 0 radical (unpaired) electrons. The van der Waals surface area contributed by atoms with Crippen LogP contribution in [0.25, 0.3) is 0 Å². The number of benzene rings is 2. The second-order valence-corrected chi connectivity index (χ2v) is 7.66. The molecule has 1 amide bonds. The van der Waals surface area contributed by atoms with Crippen molar-refractivity contribution in [1.82, 2.24) is 0 Å². The Morgan fingerprint density at radius 1 is 1.13 bits per heavy atom. The number of nitrogens with one attached hydrogen (secondary N) is 1. The van der Waals surface area contributed by atoms with Crippen LogP contribution < -0.4 is 10.2 Å². The van der Waals surface area contributed by atoms with Gasteiger partial charge < -0.3 is 19.8 Å². The molecular formula is C22H23F2N3O3. The monoisotopic (exact) mass is 415 g/mol. The molecule has 0 saturated carbocycles. The topological polar surface area (TPSA) is 63.2 Å². The highest BCUT2D eigenvalue weighted by atomic mass is 19.1. The fourth-order valence-corrected chi connectivity index (χ4v) is 3.79. The molecule has 0 aromatic heterocycles. The Balaban J connectivity index is 1.39. The van der Waals surface area contributed by atoms with Gasteiger partial charge in [-0.2, -0.15) is 0 Å². The van der Waals surface area contributed by atoms with Gasteiger partial charge in [-0.3, -0.25) is 4.79 Å². The fourth-order valence-electron chi connectivity index (χ4n) is 3.79. The molecule has 158 valence electrons. The van der Waals surface area contributed by atoms with E-state index in [1.807, 2.05) is 18.7 Å². The Hall–Kier alpha value is -3.00. The van der Waals surface area contributed by atoms with E-state index in [1.165, 1.54) is 18.2 Å².